The number of nitrogens with one attached hydrogen (secondary N) is 1. The maximum absolute atomic E-state index is 15.1. The zero-order valence-electron chi connectivity index (χ0n) is 20.1. The summed E-state index contributed by atoms with van der Waals surface area (Å²) in [6.45, 7) is 2.63. The van der Waals surface area contributed by atoms with E-state index < -0.39 is 17.4 Å². The Hall–Kier alpha value is -3.11. The first-order chi connectivity index (χ1) is 17.3. The second-order valence-corrected chi connectivity index (χ2v) is 9.99. The van der Waals surface area contributed by atoms with Crippen LogP contribution in [0.4, 0.5) is 8.78 Å². The number of fused-ring (bicyclic) bond motifs is 4. The Morgan fingerprint density at radius 1 is 1.31 bits per heavy atom. The predicted octanol–water partition coefficient (Wildman–Crippen LogP) is 3.82. The molecule has 3 aromatic heterocycles. The first kappa shape index (κ1) is 23.3. The van der Waals surface area contributed by atoms with Gasteiger partial charge in [-0.05, 0) is 25.0 Å². The highest BCUT2D eigenvalue weighted by atomic mass is 19.3. The summed E-state index contributed by atoms with van der Waals surface area (Å²) >= 11 is 0. The number of ether oxygens (including phenoxy) is 2. The lowest BCUT2D eigenvalue weighted by Gasteiger charge is -2.43. The van der Waals surface area contributed by atoms with Crippen LogP contribution in [-0.4, -0.2) is 53.1 Å². The molecule has 36 heavy (non-hydrogen) atoms. The Bertz CT molecular complexity index is 1270. The van der Waals surface area contributed by atoms with Crippen LogP contribution in [0.5, 0.6) is 0 Å². The van der Waals surface area contributed by atoms with E-state index >= 15 is 8.78 Å². The van der Waals surface area contributed by atoms with E-state index in [4.69, 9.17) is 19.0 Å². The second kappa shape index (κ2) is 8.77. The Balaban J connectivity index is 1.39. The number of carbonyl (C=O) groups excluding carboxylic acids is 1. The minimum atomic E-state index is -3.31. The molecule has 0 aromatic carbocycles. The topological polar surface area (TPSA) is 91.4 Å². The van der Waals surface area contributed by atoms with Crippen LogP contribution >= 0.6 is 0 Å². The molecule has 0 unspecified atom stereocenters. The number of alkyl halides is 2. The average molecular weight is 499 g/mol. The lowest BCUT2D eigenvalue weighted by molar-refractivity contribution is -0.0856. The van der Waals surface area contributed by atoms with Crippen molar-refractivity contribution >= 4 is 5.91 Å². The van der Waals surface area contributed by atoms with Crippen molar-refractivity contribution in [3.63, 3.8) is 0 Å². The third-order valence-electron chi connectivity index (χ3n) is 7.43. The van der Waals surface area contributed by atoms with Crippen LogP contribution in [-0.2, 0) is 33.8 Å². The summed E-state index contributed by atoms with van der Waals surface area (Å²) in [6, 6.07) is 5.64. The van der Waals surface area contributed by atoms with E-state index in [1.54, 1.807) is 10.9 Å². The van der Waals surface area contributed by atoms with Crippen molar-refractivity contribution in [1.29, 1.82) is 0 Å². The monoisotopic (exact) mass is 498 g/mol. The zero-order chi connectivity index (χ0) is 24.9. The number of nitrogens with zero attached hydrogens (tertiary/aromatic N) is 3. The molecule has 2 fully saturated rings. The lowest BCUT2D eigenvalue weighted by Crippen LogP contribution is -2.40. The molecule has 4 heterocycles. The average Bonchev–Trinajstić information content (AvgIpc) is 3.43. The molecule has 190 valence electrons. The van der Waals surface area contributed by atoms with E-state index in [9.17, 15) is 4.79 Å². The van der Waals surface area contributed by atoms with Gasteiger partial charge in [0, 0.05) is 43.3 Å². The van der Waals surface area contributed by atoms with Crippen LogP contribution in [0.25, 0.3) is 11.3 Å². The largest absolute Gasteiger partial charge is 0.455 e. The van der Waals surface area contributed by atoms with Crippen LogP contribution in [0.2, 0.25) is 0 Å². The number of pyridine rings is 1. The van der Waals surface area contributed by atoms with Gasteiger partial charge in [0.25, 0.3) is 11.8 Å². The highest BCUT2D eigenvalue weighted by Crippen LogP contribution is 2.56. The number of rotatable bonds is 6. The van der Waals surface area contributed by atoms with Gasteiger partial charge in [0.15, 0.2) is 0 Å². The van der Waals surface area contributed by atoms with E-state index in [0.717, 1.165) is 37.4 Å². The van der Waals surface area contributed by atoms with E-state index in [1.165, 1.54) is 0 Å². The molecule has 6 rings (SSSR count). The van der Waals surface area contributed by atoms with Gasteiger partial charge in [-0.2, -0.15) is 5.10 Å². The number of amides is 1. The number of hydrogen-bond acceptors (Lipinski definition) is 6. The molecule has 0 radical (unpaired) electrons. The summed E-state index contributed by atoms with van der Waals surface area (Å²) in [7, 11) is 0. The predicted molar refractivity (Wildman–Crippen MR) is 125 cm³/mol. The van der Waals surface area contributed by atoms with Crippen molar-refractivity contribution in [1.82, 2.24) is 20.1 Å². The molecule has 1 spiro atoms. The molecular formula is C26H28F2N4O4. The van der Waals surface area contributed by atoms with Gasteiger partial charge in [0.05, 0.1) is 49.3 Å². The highest BCUT2D eigenvalue weighted by molar-refractivity contribution is 5.96. The van der Waals surface area contributed by atoms with Gasteiger partial charge in [-0.3, -0.25) is 14.5 Å². The van der Waals surface area contributed by atoms with Gasteiger partial charge >= 0.3 is 0 Å². The second-order valence-electron chi connectivity index (χ2n) is 9.99. The maximum Gasteiger partial charge on any atom is 0.287 e. The van der Waals surface area contributed by atoms with Crippen molar-refractivity contribution in [2.75, 3.05) is 26.4 Å². The van der Waals surface area contributed by atoms with Gasteiger partial charge in [0.1, 0.15) is 11.5 Å². The molecule has 0 bridgehead atoms. The summed E-state index contributed by atoms with van der Waals surface area (Å²) in [5, 5.41) is 7.44. The molecule has 1 N–H and O–H groups in total. The number of furan rings is 1. The molecular weight excluding hydrogens is 470 g/mol. The number of carbonyl (C=O) groups is 1. The summed E-state index contributed by atoms with van der Waals surface area (Å²) in [5.41, 5.74) is 1.89. The first-order valence-electron chi connectivity index (χ1n) is 12.3. The van der Waals surface area contributed by atoms with Crippen molar-refractivity contribution in [2.24, 2.45) is 0 Å². The molecule has 1 saturated carbocycles. The zero-order valence-corrected chi connectivity index (χ0v) is 20.1. The fraction of sp³-hybridized carbons (Fsp3) is 0.500. The third kappa shape index (κ3) is 4.02. The maximum atomic E-state index is 15.1. The molecule has 10 heteroatoms. The SMILES string of the molecule is CC(F)(F)c1c(C(=O)NC[C@@H]2COCCO2)oc2c1-c1nn(Cc3ccccn3)cc1C1(CCC1)C2. The summed E-state index contributed by atoms with van der Waals surface area (Å²) in [6.07, 6.45) is 6.71. The van der Waals surface area contributed by atoms with Gasteiger partial charge in [-0.15, -0.1) is 0 Å². The smallest absolute Gasteiger partial charge is 0.287 e. The normalized spacial score (nSPS) is 20.5. The van der Waals surface area contributed by atoms with Gasteiger partial charge in [-0.25, -0.2) is 8.78 Å². The quantitative estimate of drug-likeness (QED) is 0.556. The molecule has 8 nitrogen and oxygen atoms in total. The Morgan fingerprint density at radius 2 is 2.17 bits per heavy atom. The Labute approximate surface area is 207 Å². The lowest BCUT2D eigenvalue weighted by atomic mass is 9.59. The molecule has 1 aliphatic heterocycles. The minimum absolute atomic E-state index is 0.146. The standard InChI is InChI=1S/C26H28F2N4O4/c1-25(27,28)21-20-19(36-23(21)24(33)30-12-17-15-34-9-10-35-17)11-26(6-4-7-26)18-14-32(31-22(18)20)13-16-5-2-3-8-29-16/h2-3,5,8,14,17H,4,6-7,9-13,15H2,1H3,(H,30,33)/t17-/m1/s1. The Kier molecular flexibility index (Phi) is 5.68. The van der Waals surface area contributed by atoms with Crippen LogP contribution in [0.15, 0.2) is 35.0 Å². The number of hydrogen-bond donors (Lipinski definition) is 1. The molecule has 1 amide bonds. The summed E-state index contributed by atoms with van der Waals surface area (Å²) < 4.78 is 48.8. The van der Waals surface area contributed by atoms with Crippen molar-refractivity contribution < 1.29 is 27.5 Å². The van der Waals surface area contributed by atoms with E-state index in [2.05, 4.69) is 10.3 Å². The van der Waals surface area contributed by atoms with Crippen molar-refractivity contribution in [3.05, 3.63) is 58.9 Å². The van der Waals surface area contributed by atoms with Gasteiger partial charge in [0.2, 0.25) is 5.76 Å². The van der Waals surface area contributed by atoms with Crippen molar-refractivity contribution in [3.8, 4) is 11.3 Å². The molecule has 1 saturated heterocycles. The van der Waals surface area contributed by atoms with Gasteiger partial charge in [-0.1, -0.05) is 12.5 Å². The molecule has 3 aliphatic rings. The number of aromatic nitrogens is 3. The van der Waals surface area contributed by atoms with Crippen LogP contribution < -0.4 is 5.32 Å². The van der Waals surface area contributed by atoms with E-state index in [0.29, 0.717) is 44.2 Å². The fourth-order valence-electron chi connectivity index (χ4n) is 5.56. The fourth-order valence-corrected chi connectivity index (χ4v) is 5.56. The van der Waals surface area contributed by atoms with Crippen molar-refractivity contribution in [2.45, 2.75) is 56.6 Å². The summed E-state index contributed by atoms with van der Waals surface area (Å²) in [4.78, 5) is 17.5. The van der Waals surface area contributed by atoms with E-state index in [1.807, 2.05) is 24.4 Å². The van der Waals surface area contributed by atoms with Crippen LogP contribution in [0.1, 0.15) is 59.3 Å². The molecule has 3 aromatic rings. The van der Waals surface area contributed by atoms with Gasteiger partial charge < -0.3 is 19.2 Å². The van der Waals surface area contributed by atoms with Crippen LogP contribution in [0.3, 0.4) is 0 Å². The van der Waals surface area contributed by atoms with E-state index in [-0.39, 0.29) is 29.4 Å². The number of halogens is 2. The molecule has 1 atom stereocenters. The first-order valence-corrected chi connectivity index (χ1v) is 12.3. The van der Waals surface area contributed by atoms with Crippen LogP contribution in [0, 0.1) is 0 Å². The summed E-state index contributed by atoms with van der Waals surface area (Å²) in [5.74, 6) is -3.94. The minimum Gasteiger partial charge on any atom is -0.455 e. The molecule has 2 aliphatic carbocycles. The third-order valence-corrected chi connectivity index (χ3v) is 7.43. The highest BCUT2D eigenvalue weighted by Gasteiger charge is 2.50. The Morgan fingerprint density at radius 3 is 2.83 bits per heavy atom.